The van der Waals surface area contributed by atoms with Crippen LogP contribution in [0.3, 0.4) is 0 Å². The molecule has 0 aromatic heterocycles. The Bertz CT molecular complexity index is 299. The van der Waals surface area contributed by atoms with E-state index in [0.29, 0.717) is 0 Å². The molecule has 0 aromatic rings. The van der Waals surface area contributed by atoms with Crippen LogP contribution in [0.5, 0.6) is 0 Å². The first-order chi connectivity index (χ1) is 7.49. The van der Waals surface area contributed by atoms with Crippen LogP contribution in [0.2, 0.25) is 0 Å². The molecule has 0 radical (unpaired) electrons. The van der Waals surface area contributed by atoms with Crippen molar-refractivity contribution < 1.29 is 14.7 Å². The van der Waals surface area contributed by atoms with Crippen LogP contribution >= 0.6 is 0 Å². The average Bonchev–Trinajstić information content (AvgIpc) is 2.21. The van der Waals surface area contributed by atoms with Crippen molar-refractivity contribution in [2.75, 3.05) is 0 Å². The molecule has 4 heteroatoms. The van der Waals surface area contributed by atoms with Crippen molar-refractivity contribution in [3.05, 3.63) is 11.6 Å². The summed E-state index contributed by atoms with van der Waals surface area (Å²) in [5.74, 6) is -0.568. The van der Waals surface area contributed by atoms with Crippen LogP contribution in [-0.4, -0.2) is 23.0 Å². The van der Waals surface area contributed by atoms with Crippen molar-refractivity contribution in [1.82, 2.24) is 5.32 Å². The van der Waals surface area contributed by atoms with Crippen LogP contribution in [0.25, 0.3) is 0 Å². The number of carboxylic acids is 1. The summed E-state index contributed by atoms with van der Waals surface area (Å²) in [5, 5.41) is 11.1. The fourth-order valence-corrected chi connectivity index (χ4v) is 1.78. The molecule has 1 rings (SSSR count). The van der Waals surface area contributed by atoms with E-state index in [1.54, 1.807) is 6.08 Å². The molecule has 1 atom stereocenters. The highest BCUT2D eigenvalue weighted by Gasteiger charge is 2.15. The molecule has 0 bridgehead atoms. The Morgan fingerprint density at radius 1 is 1.44 bits per heavy atom. The highest BCUT2D eigenvalue weighted by molar-refractivity contribution is 5.91. The smallest absolute Gasteiger partial charge is 0.325 e. The van der Waals surface area contributed by atoms with Crippen LogP contribution in [0.4, 0.5) is 0 Å². The van der Waals surface area contributed by atoms with Gasteiger partial charge in [-0.2, -0.15) is 0 Å². The minimum atomic E-state index is -1.01. The molecule has 0 spiro atoms. The molecule has 1 aliphatic carbocycles. The monoisotopic (exact) mass is 225 g/mol. The van der Waals surface area contributed by atoms with E-state index >= 15 is 0 Å². The van der Waals surface area contributed by atoms with Crippen LogP contribution in [-0.2, 0) is 9.59 Å². The van der Waals surface area contributed by atoms with Gasteiger partial charge in [-0.15, -0.1) is 0 Å². The predicted molar refractivity (Wildman–Crippen MR) is 61.0 cm³/mol. The third-order valence-corrected chi connectivity index (χ3v) is 2.98. The Labute approximate surface area is 95.7 Å². The zero-order chi connectivity index (χ0) is 12.1. The maximum atomic E-state index is 11.5. The van der Waals surface area contributed by atoms with E-state index in [0.717, 1.165) is 37.2 Å². The second-order valence-corrected chi connectivity index (χ2v) is 4.55. The number of hydrogen-bond donors (Lipinski definition) is 2. The van der Waals surface area contributed by atoms with Gasteiger partial charge in [-0.05, 0) is 38.5 Å². The fraction of sp³-hybridized carbons (Fsp3) is 0.667. The minimum absolute atomic E-state index is 0.292. The number of rotatable bonds is 3. The number of carbonyl (C=O) groups is 2. The molecule has 0 unspecified atom stereocenters. The number of carboxylic acid groups (broad SMARTS) is 1. The highest BCUT2D eigenvalue weighted by atomic mass is 16.4. The van der Waals surface area contributed by atoms with Crippen LogP contribution < -0.4 is 5.32 Å². The first-order valence-corrected chi connectivity index (χ1v) is 5.71. The normalized spacial score (nSPS) is 22.4. The molecular weight excluding hydrogens is 206 g/mol. The van der Waals surface area contributed by atoms with E-state index in [4.69, 9.17) is 5.11 Å². The second-order valence-electron chi connectivity index (χ2n) is 4.55. The molecule has 1 fully saturated rings. The lowest BCUT2D eigenvalue weighted by Gasteiger charge is -2.20. The number of carbonyl (C=O) groups excluding carboxylic acids is 1. The molecule has 0 saturated heterocycles. The van der Waals surface area contributed by atoms with Crippen molar-refractivity contribution in [2.24, 2.45) is 5.92 Å². The standard InChI is InChI=1S/C12H19NO3/c1-8-3-5-10(6-4-8)7-11(14)13-9(2)12(15)16/h7-9H,3-6H2,1-2H3,(H,13,14)(H,15,16)/t8?,9-/m1/s1. The number of hydrogen-bond acceptors (Lipinski definition) is 2. The SMILES string of the molecule is CC1CCC(=CC(=O)N[C@H](C)C(=O)O)CC1. The summed E-state index contributed by atoms with van der Waals surface area (Å²) < 4.78 is 0. The summed E-state index contributed by atoms with van der Waals surface area (Å²) in [6.07, 6.45) is 5.71. The zero-order valence-electron chi connectivity index (χ0n) is 9.82. The summed E-state index contributed by atoms with van der Waals surface area (Å²) >= 11 is 0. The van der Waals surface area contributed by atoms with Crippen molar-refractivity contribution in [1.29, 1.82) is 0 Å². The first-order valence-electron chi connectivity index (χ1n) is 5.71. The number of amides is 1. The molecular formula is C12H19NO3. The van der Waals surface area contributed by atoms with Crippen molar-refractivity contribution in [3.63, 3.8) is 0 Å². The lowest BCUT2D eigenvalue weighted by molar-refractivity contribution is -0.140. The summed E-state index contributed by atoms with van der Waals surface area (Å²) in [6, 6.07) is -0.827. The van der Waals surface area contributed by atoms with E-state index in [1.165, 1.54) is 6.92 Å². The molecule has 0 aliphatic heterocycles. The molecule has 2 N–H and O–H groups in total. The number of aliphatic carboxylic acids is 1. The van der Waals surface area contributed by atoms with Crippen LogP contribution in [0, 0.1) is 5.92 Å². The van der Waals surface area contributed by atoms with Crippen molar-refractivity contribution in [2.45, 2.75) is 45.6 Å². The van der Waals surface area contributed by atoms with E-state index in [9.17, 15) is 9.59 Å². The van der Waals surface area contributed by atoms with Crippen molar-refractivity contribution in [3.8, 4) is 0 Å². The summed E-state index contributed by atoms with van der Waals surface area (Å²) in [4.78, 5) is 22.0. The van der Waals surface area contributed by atoms with Gasteiger partial charge in [0.15, 0.2) is 0 Å². The lowest BCUT2D eigenvalue weighted by Crippen LogP contribution is -2.37. The Morgan fingerprint density at radius 3 is 2.50 bits per heavy atom. The predicted octanol–water partition coefficient (Wildman–Crippen LogP) is 1.71. The first kappa shape index (κ1) is 12.7. The highest BCUT2D eigenvalue weighted by Crippen LogP contribution is 2.27. The molecule has 0 heterocycles. The minimum Gasteiger partial charge on any atom is -0.480 e. The van der Waals surface area contributed by atoms with E-state index in [1.807, 2.05) is 0 Å². The van der Waals surface area contributed by atoms with Gasteiger partial charge < -0.3 is 10.4 Å². The van der Waals surface area contributed by atoms with Gasteiger partial charge in [-0.1, -0.05) is 12.5 Å². The van der Waals surface area contributed by atoms with Gasteiger partial charge in [0, 0.05) is 6.08 Å². The van der Waals surface area contributed by atoms with Gasteiger partial charge in [0.05, 0.1) is 0 Å². The summed E-state index contributed by atoms with van der Waals surface area (Å²) in [6.45, 7) is 3.67. The quantitative estimate of drug-likeness (QED) is 0.718. The van der Waals surface area contributed by atoms with E-state index in [-0.39, 0.29) is 5.91 Å². The Morgan fingerprint density at radius 2 is 2.00 bits per heavy atom. The zero-order valence-corrected chi connectivity index (χ0v) is 9.82. The second kappa shape index (κ2) is 5.68. The Kier molecular flexibility index (Phi) is 4.52. The van der Waals surface area contributed by atoms with Gasteiger partial charge in [0.25, 0.3) is 0 Å². The van der Waals surface area contributed by atoms with E-state index < -0.39 is 12.0 Å². The summed E-state index contributed by atoms with van der Waals surface area (Å²) in [5.41, 5.74) is 1.13. The maximum absolute atomic E-state index is 11.5. The number of allylic oxidation sites excluding steroid dienone is 1. The maximum Gasteiger partial charge on any atom is 0.325 e. The molecule has 90 valence electrons. The van der Waals surface area contributed by atoms with Gasteiger partial charge in [-0.3, -0.25) is 9.59 Å². The third-order valence-electron chi connectivity index (χ3n) is 2.98. The van der Waals surface area contributed by atoms with Crippen LogP contribution in [0.1, 0.15) is 39.5 Å². The van der Waals surface area contributed by atoms with Gasteiger partial charge >= 0.3 is 5.97 Å². The molecule has 1 aliphatic rings. The Hall–Kier alpha value is -1.32. The Balaban J connectivity index is 2.44. The van der Waals surface area contributed by atoms with E-state index in [2.05, 4.69) is 12.2 Å². The van der Waals surface area contributed by atoms with Gasteiger partial charge in [0.1, 0.15) is 6.04 Å². The molecule has 0 aromatic carbocycles. The number of nitrogens with one attached hydrogen (secondary N) is 1. The molecule has 16 heavy (non-hydrogen) atoms. The topological polar surface area (TPSA) is 66.4 Å². The molecule has 4 nitrogen and oxygen atoms in total. The molecule has 1 saturated carbocycles. The average molecular weight is 225 g/mol. The third kappa shape index (κ3) is 4.04. The van der Waals surface area contributed by atoms with Crippen molar-refractivity contribution >= 4 is 11.9 Å². The van der Waals surface area contributed by atoms with Crippen LogP contribution in [0.15, 0.2) is 11.6 Å². The molecule has 1 amide bonds. The largest absolute Gasteiger partial charge is 0.480 e. The summed E-state index contributed by atoms with van der Waals surface area (Å²) in [7, 11) is 0. The van der Waals surface area contributed by atoms with Gasteiger partial charge in [-0.25, -0.2) is 0 Å². The fourth-order valence-electron chi connectivity index (χ4n) is 1.78. The lowest BCUT2D eigenvalue weighted by atomic mass is 9.87. The van der Waals surface area contributed by atoms with Gasteiger partial charge in [0.2, 0.25) is 5.91 Å².